The number of hydrogen-bond donors (Lipinski definition) is 2. The number of aromatic nitrogens is 4. The number of fused-ring (bicyclic) bond motifs is 1. The highest BCUT2D eigenvalue weighted by Gasteiger charge is 2.17. The Morgan fingerprint density at radius 1 is 1.22 bits per heavy atom. The first-order chi connectivity index (χ1) is 11.2. The molecule has 0 saturated heterocycles. The Bertz CT molecular complexity index is 832. The molecule has 23 heavy (non-hydrogen) atoms. The first kappa shape index (κ1) is 15.3. The van der Waals surface area contributed by atoms with Gasteiger partial charge in [-0.25, -0.2) is 9.97 Å². The molecule has 0 fully saturated rings. The van der Waals surface area contributed by atoms with Crippen LogP contribution >= 0.6 is 0 Å². The van der Waals surface area contributed by atoms with Gasteiger partial charge in [-0.1, -0.05) is 6.92 Å². The van der Waals surface area contributed by atoms with E-state index in [1.165, 1.54) is 6.33 Å². The molecule has 0 radical (unpaired) electrons. The second kappa shape index (κ2) is 6.24. The summed E-state index contributed by atoms with van der Waals surface area (Å²) in [5.41, 5.74) is 4.22. The quantitative estimate of drug-likeness (QED) is 0.760. The van der Waals surface area contributed by atoms with Crippen molar-refractivity contribution in [3.8, 4) is 11.3 Å². The van der Waals surface area contributed by atoms with Crippen molar-refractivity contribution in [1.29, 1.82) is 0 Å². The number of rotatable bonds is 5. The lowest BCUT2D eigenvalue weighted by atomic mass is 10.1. The number of carbonyl (C=O) groups excluding carboxylic acids is 1. The van der Waals surface area contributed by atoms with Crippen LogP contribution in [0.4, 0.5) is 0 Å². The zero-order valence-corrected chi connectivity index (χ0v) is 13.7. The van der Waals surface area contributed by atoms with Gasteiger partial charge in [0.15, 0.2) is 0 Å². The molecule has 0 aliphatic heterocycles. The fourth-order valence-corrected chi connectivity index (χ4v) is 2.83. The highest BCUT2D eigenvalue weighted by Crippen LogP contribution is 2.28. The molecule has 1 amide bonds. The van der Waals surface area contributed by atoms with Gasteiger partial charge in [0.25, 0.3) is 5.91 Å². The molecule has 120 valence electrons. The molecule has 0 atom stereocenters. The van der Waals surface area contributed by atoms with Crippen LogP contribution in [0.2, 0.25) is 0 Å². The highest BCUT2D eigenvalue weighted by atomic mass is 16.2. The normalized spacial score (nSPS) is 11.1. The topological polar surface area (TPSA) is 77.7 Å². The van der Waals surface area contributed by atoms with E-state index >= 15 is 0 Å². The first-order valence-corrected chi connectivity index (χ1v) is 7.92. The summed E-state index contributed by atoms with van der Waals surface area (Å²) in [6.45, 7) is 7.55. The van der Waals surface area contributed by atoms with Crippen LogP contribution < -0.4 is 0 Å². The standard InChI is InChI=1S/C17H21N5O/c1-4-6-22(5-2)17(23)13-7-12(9-18-13)15-14-11(3)8-19-16(14)21-10-20-15/h7-10,18H,4-6H2,1-3H3,(H,19,20,21). The SMILES string of the molecule is CCCN(CC)C(=O)c1cc(-c2ncnc3[nH]cc(C)c23)c[nH]1. The number of amides is 1. The van der Waals surface area contributed by atoms with Gasteiger partial charge in [0, 0.05) is 36.4 Å². The number of aromatic amines is 2. The minimum absolute atomic E-state index is 0.0247. The number of aryl methyl sites for hydroxylation is 1. The molecule has 6 nitrogen and oxygen atoms in total. The number of nitrogens with one attached hydrogen (secondary N) is 2. The predicted octanol–water partition coefficient (Wildman–Crippen LogP) is 3.13. The smallest absolute Gasteiger partial charge is 0.270 e. The predicted molar refractivity (Wildman–Crippen MR) is 90.3 cm³/mol. The summed E-state index contributed by atoms with van der Waals surface area (Å²) in [6, 6.07) is 1.87. The Morgan fingerprint density at radius 3 is 2.78 bits per heavy atom. The molecular formula is C17H21N5O. The molecule has 3 heterocycles. The molecule has 3 aromatic heterocycles. The van der Waals surface area contributed by atoms with Crippen LogP contribution in [0.3, 0.4) is 0 Å². The van der Waals surface area contributed by atoms with E-state index in [9.17, 15) is 4.79 Å². The molecule has 0 bridgehead atoms. The summed E-state index contributed by atoms with van der Waals surface area (Å²) in [5, 5.41) is 0.992. The second-order valence-electron chi connectivity index (χ2n) is 5.60. The van der Waals surface area contributed by atoms with Crippen LogP contribution in [0.25, 0.3) is 22.3 Å². The zero-order valence-electron chi connectivity index (χ0n) is 13.7. The van der Waals surface area contributed by atoms with E-state index in [0.717, 1.165) is 40.8 Å². The van der Waals surface area contributed by atoms with Crippen molar-refractivity contribution in [2.24, 2.45) is 0 Å². The van der Waals surface area contributed by atoms with E-state index in [-0.39, 0.29) is 5.91 Å². The van der Waals surface area contributed by atoms with Gasteiger partial charge >= 0.3 is 0 Å². The lowest BCUT2D eigenvalue weighted by Gasteiger charge is -2.18. The van der Waals surface area contributed by atoms with Crippen molar-refractivity contribution in [3.05, 3.63) is 36.0 Å². The Kier molecular flexibility index (Phi) is 4.14. The van der Waals surface area contributed by atoms with Crippen LogP contribution in [-0.4, -0.2) is 43.8 Å². The summed E-state index contributed by atoms with van der Waals surface area (Å²) in [4.78, 5) is 29.3. The van der Waals surface area contributed by atoms with E-state index in [2.05, 4.69) is 26.9 Å². The van der Waals surface area contributed by atoms with E-state index in [4.69, 9.17) is 0 Å². The van der Waals surface area contributed by atoms with Crippen molar-refractivity contribution in [1.82, 2.24) is 24.8 Å². The van der Waals surface area contributed by atoms with E-state index in [0.29, 0.717) is 12.2 Å². The molecule has 0 spiro atoms. The fourth-order valence-electron chi connectivity index (χ4n) is 2.83. The van der Waals surface area contributed by atoms with Gasteiger partial charge in [-0.15, -0.1) is 0 Å². The average Bonchev–Trinajstić information content (AvgIpc) is 3.19. The largest absolute Gasteiger partial charge is 0.357 e. The van der Waals surface area contributed by atoms with Gasteiger partial charge < -0.3 is 14.9 Å². The van der Waals surface area contributed by atoms with E-state index < -0.39 is 0 Å². The molecular weight excluding hydrogens is 290 g/mol. The van der Waals surface area contributed by atoms with Crippen molar-refractivity contribution in [2.45, 2.75) is 27.2 Å². The lowest BCUT2D eigenvalue weighted by Crippen LogP contribution is -2.31. The maximum atomic E-state index is 12.5. The molecule has 2 N–H and O–H groups in total. The second-order valence-corrected chi connectivity index (χ2v) is 5.60. The molecule has 0 aliphatic carbocycles. The summed E-state index contributed by atoms with van der Waals surface area (Å²) in [6.07, 6.45) is 6.24. The van der Waals surface area contributed by atoms with Crippen molar-refractivity contribution < 1.29 is 4.79 Å². The van der Waals surface area contributed by atoms with Crippen LogP contribution in [0, 0.1) is 6.92 Å². The summed E-state index contributed by atoms with van der Waals surface area (Å²) in [5.74, 6) is 0.0247. The third-order valence-electron chi connectivity index (χ3n) is 4.02. The Balaban J connectivity index is 1.98. The highest BCUT2D eigenvalue weighted by molar-refractivity contribution is 5.97. The Hall–Kier alpha value is -2.63. The van der Waals surface area contributed by atoms with Crippen LogP contribution in [-0.2, 0) is 0 Å². The molecule has 3 aromatic rings. The van der Waals surface area contributed by atoms with Crippen LogP contribution in [0.5, 0.6) is 0 Å². The van der Waals surface area contributed by atoms with Gasteiger partial charge in [-0.3, -0.25) is 4.79 Å². The van der Waals surface area contributed by atoms with Gasteiger partial charge in [0.05, 0.1) is 5.69 Å². The third-order valence-corrected chi connectivity index (χ3v) is 4.02. The fraction of sp³-hybridized carbons (Fsp3) is 0.353. The third kappa shape index (κ3) is 2.72. The number of H-pyrrole nitrogens is 2. The summed E-state index contributed by atoms with van der Waals surface area (Å²) < 4.78 is 0. The number of nitrogens with zero attached hydrogens (tertiary/aromatic N) is 3. The van der Waals surface area contributed by atoms with Crippen LogP contribution in [0.1, 0.15) is 36.3 Å². The Morgan fingerprint density at radius 2 is 2.04 bits per heavy atom. The molecule has 6 heteroatoms. The monoisotopic (exact) mass is 311 g/mol. The number of hydrogen-bond acceptors (Lipinski definition) is 3. The first-order valence-electron chi connectivity index (χ1n) is 7.92. The van der Waals surface area contributed by atoms with Gasteiger partial charge in [0.1, 0.15) is 17.7 Å². The molecule has 0 unspecified atom stereocenters. The number of carbonyl (C=O) groups is 1. The maximum Gasteiger partial charge on any atom is 0.270 e. The molecule has 0 aromatic carbocycles. The van der Waals surface area contributed by atoms with Crippen molar-refractivity contribution in [2.75, 3.05) is 13.1 Å². The molecule has 3 rings (SSSR count). The minimum Gasteiger partial charge on any atom is -0.357 e. The van der Waals surface area contributed by atoms with Crippen molar-refractivity contribution in [3.63, 3.8) is 0 Å². The van der Waals surface area contributed by atoms with Gasteiger partial charge in [0.2, 0.25) is 0 Å². The average molecular weight is 311 g/mol. The maximum absolute atomic E-state index is 12.5. The van der Waals surface area contributed by atoms with Crippen LogP contribution in [0.15, 0.2) is 24.8 Å². The lowest BCUT2D eigenvalue weighted by molar-refractivity contribution is 0.0759. The molecule has 0 saturated carbocycles. The molecule has 0 aliphatic rings. The summed E-state index contributed by atoms with van der Waals surface area (Å²) in [7, 11) is 0. The van der Waals surface area contributed by atoms with E-state index in [1.54, 1.807) is 0 Å². The van der Waals surface area contributed by atoms with Gasteiger partial charge in [-0.05, 0) is 31.9 Å². The van der Waals surface area contributed by atoms with Gasteiger partial charge in [-0.2, -0.15) is 0 Å². The summed E-state index contributed by atoms with van der Waals surface area (Å²) >= 11 is 0. The minimum atomic E-state index is 0.0247. The van der Waals surface area contributed by atoms with Crippen molar-refractivity contribution >= 4 is 16.9 Å². The van der Waals surface area contributed by atoms with E-state index in [1.807, 2.05) is 37.2 Å². The Labute approximate surface area is 135 Å². The zero-order chi connectivity index (χ0) is 16.4.